The van der Waals surface area contributed by atoms with E-state index in [0.717, 1.165) is 29.2 Å². The number of hydrogen-bond acceptors (Lipinski definition) is 2. The van der Waals surface area contributed by atoms with Gasteiger partial charge in [-0.15, -0.1) is 0 Å². The number of carbonyl (C=O) groups excluding carboxylic acids is 1. The fourth-order valence-electron chi connectivity index (χ4n) is 3.90. The minimum atomic E-state index is -0.695. The number of fused-ring (bicyclic) bond motifs is 2. The Labute approximate surface area is 153 Å². The number of hydrogen-bond donors (Lipinski definition) is 2. The van der Waals surface area contributed by atoms with E-state index in [1.54, 1.807) is 0 Å². The molecule has 0 fully saturated rings. The van der Waals surface area contributed by atoms with Crippen LogP contribution in [0, 0.1) is 0 Å². The Morgan fingerprint density at radius 3 is 2.69 bits per heavy atom. The zero-order valence-corrected chi connectivity index (χ0v) is 14.7. The highest BCUT2D eigenvalue weighted by Crippen LogP contribution is 2.35. The Morgan fingerprint density at radius 2 is 1.81 bits per heavy atom. The molecule has 0 spiro atoms. The summed E-state index contributed by atoms with van der Waals surface area (Å²) in [5.41, 5.74) is 3.49. The monoisotopic (exact) mass is 345 g/mol. The van der Waals surface area contributed by atoms with E-state index in [2.05, 4.69) is 23.5 Å². The molecule has 1 amide bonds. The summed E-state index contributed by atoms with van der Waals surface area (Å²) in [4.78, 5) is 12.3. The molecule has 3 aromatic carbocycles. The first-order valence-corrected chi connectivity index (χ1v) is 9.22. The molecule has 2 atom stereocenters. The van der Waals surface area contributed by atoms with Gasteiger partial charge in [0.1, 0.15) is 0 Å². The Balaban J connectivity index is 1.35. The molecule has 1 aliphatic rings. The maximum absolute atomic E-state index is 12.3. The minimum Gasteiger partial charge on any atom is -0.387 e. The van der Waals surface area contributed by atoms with Gasteiger partial charge in [0.25, 0.3) is 0 Å². The molecular formula is C23H23NO2. The molecule has 4 rings (SSSR count). The van der Waals surface area contributed by atoms with E-state index in [0.29, 0.717) is 12.3 Å². The first-order valence-electron chi connectivity index (χ1n) is 9.22. The Hall–Kier alpha value is -2.65. The number of carbonyl (C=O) groups is 1. The molecule has 1 aliphatic carbocycles. The second-order valence-corrected chi connectivity index (χ2v) is 7.06. The van der Waals surface area contributed by atoms with E-state index in [9.17, 15) is 9.90 Å². The molecule has 2 N–H and O–H groups in total. The van der Waals surface area contributed by atoms with Gasteiger partial charge in [0.15, 0.2) is 0 Å². The normalized spacial score (nSPS) is 17.0. The first kappa shape index (κ1) is 16.8. The number of benzene rings is 3. The molecule has 3 heteroatoms. The average Bonchev–Trinajstić information content (AvgIpc) is 3.08. The van der Waals surface area contributed by atoms with Gasteiger partial charge in [-0.1, -0.05) is 60.7 Å². The zero-order valence-electron chi connectivity index (χ0n) is 14.7. The van der Waals surface area contributed by atoms with E-state index in [1.165, 1.54) is 11.1 Å². The molecule has 26 heavy (non-hydrogen) atoms. The van der Waals surface area contributed by atoms with E-state index in [1.807, 2.05) is 48.5 Å². The summed E-state index contributed by atoms with van der Waals surface area (Å²) in [6, 6.07) is 22.4. The summed E-state index contributed by atoms with van der Waals surface area (Å²) >= 11 is 0. The lowest BCUT2D eigenvalue weighted by atomic mass is 9.97. The summed E-state index contributed by atoms with van der Waals surface area (Å²) in [6.45, 7) is 0.242. The van der Waals surface area contributed by atoms with Gasteiger partial charge < -0.3 is 10.4 Å². The van der Waals surface area contributed by atoms with Gasteiger partial charge >= 0.3 is 0 Å². The number of aliphatic hydroxyl groups excluding tert-OH is 1. The predicted octanol–water partition coefficient (Wildman–Crippen LogP) is 4.11. The molecule has 3 nitrogen and oxygen atoms in total. The third kappa shape index (κ3) is 3.49. The lowest BCUT2D eigenvalue weighted by Gasteiger charge is -2.15. The standard InChI is InChI=1S/C23H23NO2/c25-22(20-12-9-16-5-1-2-7-18(16)13-20)15-24-23(26)14-19-11-10-17-6-3-4-8-21(17)19/h1-9,12-13,19,22,25H,10-11,14-15H2,(H,24,26). The number of amides is 1. The lowest BCUT2D eigenvalue weighted by molar-refractivity contribution is -0.121. The van der Waals surface area contributed by atoms with Gasteiger partial charge in [0.05, 0.1) is 6.10 Å². The second kappa shape index (κ2) is 7.30. The van der Waals surface area contributed by atoms with Crippen molar-refractivity contribution >= 4 is 16.7 Å². The van der Waals surface area contributed by atoms with E-state index >= 15 is 0 Å². The summed E-state index contributed by atoms with van der Waals surface area (Å²) in [5, 5.41) is 15.6. The van der Waals surface area contributed by atoms with Gasteiger partial charge in [0.2, 0.25) is 5.91 Å². The third-order valence-electron chi connectivity index (χ3n) is 5.34. The van der Waals surface area contributed by atoms with Crippen LogP contribution in [0.25, 0.3) is 10.8 Å². The third-order valence-corrected chi connectivity index (χ3v) is 5.34. The summed E-state index contributed by atoms with van der Waals surface area (Å²) in [5.74, 6) is 0.301. The quantitative estimate of drug-likeness (QED) is 0.731. The molecular weight excluding hydrogens is 322 g/mol. The smallest absolute Gasteiger partial charge is 0.220 e. The van der Waals surface area contributed by atoms with Gasteiger partial charge in [-0.05, 0) is 52.3 Å². The molecule has 0 radical (unpaired) electrons. The predicted molar refractivity (Wildman–Crippen MR) is 104 cm³/mol. The highest BCUT2D eigenvalue weighted by molar-refractivity contribution is 5.83. The summed E-state index contributed by atoms with van der Waals surface area (Å²) in [6.07, 6.45) is 1.87. The van der Waals surface area contributed by atoms with Crippen LogP contribution >= 0.6 is 0 Å². The van der Waals surface area contributed by atoms with E-state index in [4.69, 9.17) is 0 Å². The number of rotatable bonds is 5. The second-order valence-electron chi connectivity index (χ2n) is 7.06. The van der Waals surface area contributed by atoms with Crippen molar-refractivity contribution in [2.24, 2.45) is 0 Å². The Bertz CT molecular complexity index is 934. The number of nitrogens with one attached hydrogen (secondary N) is 1. The van der Waals surface area contributed by atoms with Crippen LogP contribution in [0.2, 0.25) is 0 Å². The largest absolute Gasteiger partial charge is 0.387 e. The van der Waals surface area contributed by atoms with Crippen molar-refractivity contribution in [2.75, 3.05) is 6.54 Å². The molecule has 0 heterocycles. The topological polar surface area (TPSA) is 49.3 Å². The van der Waals surface area contributed by atoms with Crippen LogP contribution in [0.15, 0.2) is 66.7 Å². The van der Waals surface area contributed by atoms with Gasteiger partial charge in [-0.2, -0.15) is 0 Å². The van der Waals surface area contributed by atoms with Gasteiger partial charge in [-0.3, -0.25) is 4.79 Å². The van der Waals surface area contributed by atoms with Crippen molar-refractivity contribution in [2.45, 2.75) is 31.3 Å². The maximum atomic E-state index is 12.3. The van der Waals surface area contributed by atoms with Crippen LogP contribution in [0.4, 0.5) is 0 Å². The van der Waals surface area contributed by atoms with Crippen molar-refractivity contribution in [1.82, 2.24) is 5.32 Å². The van der Waals surface area contributed by atoms with Crippen LogP contribution in [0.1, 0.15) is 41.6 Å². The van der Waals surface area contributed by atoms with Crippen molar-refractivity contribution in [1.29, 1.82) is 0 Å². The SMILES string of the molecule is O=C(CC1CCc2ccccc21)NCC(O)c1ccc2ccccc2c1. The molecule has 2 unspecified atom stereocenters. The maximum Gasteiger partial charge on any atom is 0.220 e. The van der Waals surface area contributed by atoms with Crippen LogP contribution in [-0.2, 0) is 11.2 Å². The summed E-state index contributed by atoms with van der Waals surface area (Å²) in [7, 11) is 0. The van der Waals surface area contributed by atoms with Crippen molar-refractivity contribution in [3.63, 3.8) is 0 Å². The molecule has 0 saturated carbocycles. The van der Waals surface area contributed by atoms with Crippen LogP contribution < -0.4 is 5.32 Å². The minimum absolute atomic E-state index is 0.00606. The molecule has 0 bridgehead atoms. The van der Waals surface area contributed by atoms with Crippen molar-refractivity contribution in [3.05, 3.63) is 83.4 Å². The highest BCUT2D eigenvalue weighted by Gasteiger charge is 2.24. The number of aryl methyl sites for hydroxylation is 1. The Kier molecular flexibility index (Phi) is 4.72. The van der Waals surface area contributed by atoms with E-state index < -0.39 is 6.10 Å². The molecule has 3 aromatic rings. The fourth-order valence-corrected chi connectivity index (χ4v) is 3.90. The highest BCUT2D eigenvalue weighted by atomic mass is 16.3. The number of aliphatic hydroxyl groups is 1. The van der Waals surface area contributed by atoms with Crippen molar-refractivity contribution in [3.8, 4) is 0 Å². The first-order chi connectivity index (χ1) is 12.7. The van der Waals surface area contributed by atoms with E-state index in [-0.39, 0.29) is 12.5 Å². The van der Waals surface area contributed by atoms with Crippen LogP contribution in [-0.4, -0.2) is 17.6 Å². The van der Waals surface area contributed by atoms with Crippen LogP contribution in [0.3, 0.4) is 0 Å². The lowest BCUT2D eigenvalue weighted by Crippen LogP contribution is -2.29. The van der Waals surface area contributed by atoms with Gasteiger partial charge in [-0.25, -0.2) is 0 Å². The zero-order chi connectivity index (χ0) is 17.9. The summed E-state index contributed by atoms with van der Waals surface area (Å²) < 4.78 is 0. The van der Waals surface area contributed by atoms with Crippen LogP contribution in [0.5, 0.6) is 0 Å². The van der Waals surface area contributed by atoms with Crippen molar-refractivity contribution < 1.29 is 9.90 Å². The molecule has 0 aliphatic heterocycles. The Morgan fingerprint density at radius 1 is 1.04 bits per heavy atom. The molecule has 0 aromatic heterocycles. The molecule has 0 saturated heterocycles. The fraction of sp³-hybridized carbons (Fsp3) is 0.261. The molecule has 132 valence electrons. The van der Waals surface area contributed by atoms with Gasteiger partial charge in [0, 0.05) is 13.0 Å². The average molecular weight is 345 g/mol.